The standard InChI is InChI=1S/C24H24N4O2S3/c1-14-5-4-6-19(10-14)28(16(3)29)23-25-18(12-31-23)13-32-24-27-26-22(30-24)21-11-17-9-15(2)7-8-20(17)33-21/h4-6,10-12,15H,7-9,13H2,1-3H3/t15-/m0/s1. The molecule has 4 aromatic rings. The minimum Gasteiger partial charge on any atom is -0.410 e. The maximum atomic E-state index is 12.3. The van der Waals surface area contributed by atoms with Gasteiger partial charge >= 0.3 is 0 Å². The normalized spacial score (nSPS) is 15.4. The zero-order valence-corrected chi connectivity index (χ0v) is 21.1. The topological polar surface area (TPSA) is 72.1 Å². The third-order valence-corrected chi connectivity index (χ3v) is 8.55. The first-order valence-corrected chi connectivity index (χ1v) is 13.5. The molecule has 0 fully saturated rings. The van der Waals surface area contributed by atoms with Gasteiger partial charge in [-0.25, -0.2) is 4.98 Å². The van der Waals surface area contributed by atoms with E-state index in [0.29, 0.717) is 22.0 Å². The highest BCUT2D eigenvalue weighted by atomic mass is 32.2. The van der Waals surface area contributed by atoms with Gasteiger partial charge in [-0.2, -0.15) is 0 Å². The van der Waals surface area contributed by atoms with Crippen LogP contribution in [0.4, 0.5) is 10.8 Å². The van der Waals surface area contributed by atoms with Gasteiger partial charge in [0.2, 0.25) is 5.91 Å². The molecule has 0 radical (unpaired) electrons. The molecule has 0 saturated heterocycles. The monoisotopic (exact) mass is 496 g/mol. The molecule has 3 aromatic heterocycles. The van der Waals surface area contributed by atoms with Crippen molar-refractivity contribution < 1.29 is 9.21 Å². The molecule has 0 aliphatic heterocycles. The zero-order valence-electron chi connectivity index (χ0n) is 18.7. The molecule has 6 nitrogen and oxygen atoms in total. The second kappa shape index (κ2) is 9.40. The molecule has 33 heavy (non-hydrogen) atoms. The number of amides is 1. The van der Waals surface area contributed by atoms with Gasteiger partial charge in [0.15, 0.2) is 5.13 Å². The Kier molecular flexibility index (Phi) is 6.36. The van der Waals surface area contributed by atoms with Crippen molar-refractivity contribution in [2.45, 2.75) is 51.0 Å². The van der Waals surface area contributed by atoms with Crippen LogP contribution in [0.5, 0.6) is 0 Å². The number of thioether (sulfide) groups is 1. The van der Waals surface area contributed by atoms with Crippen molar-refractivity contribution in [3.05, 3.63) is 57.4 Å². The lowest BCUT2D eigenvalue weighted by Crippen LogP contribution is -2.22. The Bertz CT molecular complexity index is 1290. The minimum absolute atomic E-state index is 0.0660. The van der Waals surface area contributed by atoms with E-state index >= 15 is 0 Å². The number of aryl methyl sites for hydroxylation is 2. The van der Waals surface area contributed by atoms with Gasteiger partial charge in [-0.1, -0.05) is 30.8 Å². The van der Waals surface area contributed by atoms with E-state index in [1.165, 1.54) is 40.0 Å². The van der Waals surface area contributed by atoms with Crippen LogP contribution in [0.1, 0.15) is 42.0 Å². The molecule has 5 rings (SSSR count). The Balaban J connectivity index is 1.27. The molecule has 0 spiro atoms. The Morgan fingerprint density at radius 2 is 2.18 bits per heavy atom. The average molecular weight is 497 g/mol. The van der Waals surface area contributed by atoms with Crippen LogP contribution in [0.15, 0.2) is 45.4 Å². The summed E-state index contributed by atoms with van der Waals surface area (Å²) in [5.41, 5.74) is 4.23. The van der Waals surface area contributed by atoms with Gasteiger partial charge in [-0.15, -0.1) is 32.9 Å². The quantitative estimate of drug-likeness (QED) is 0.278. The molecule has 170 valence electrons. The van der Waals surface area contributed by atoms with Crippen molar-refractivity contribution in [2.75, 3.05) is 4.90 Å². The van der Waals surface area contributed by atoms with Crippen molar-refractivity contribution >= 4 is 51.2 Å². The Labute approximate surface area is 205 Å². The Hall–Kier alpha value is -2.49. The van der Waals surface area contributed by atoms with Gasteiger partial charge in [0.1, 0.15) is 0 Å². The summed E-state index contributed by atoms with van der Waals surface area (Å²) < 4.78 is 5.93. The molecule has 9 heteroatoms. The summed E-state index contributed by atoms with van der Waals surface area (Å²) in [4.78, 5) is 21.2. The molecule has 0 saturated carbocycles. The number of fused-ring (bicyclic) bond motifs is 1. The SMILES string of the molecule is CC(=O)N(c1cccc(C)c1)c1nc(CSc2nnc(-c3cc4c(s3)CC[C@H](C)C4)o2)cs1. The van der Waals surface area contributed by atoms with Crippen LogP contribution in [-0.2, 0) is 23.4 Å². The van der Waals surface area contributed by atoms with Crippen LogP contribution in [0.25, 0.3) is 10.8 Å². The number of thiazole rings is 1. The summed E-state index contributed by atoms with van der Waals surface area (Å²) in [7, 11) is 0. The van der Waals surface area contributed by atoms with E-state index in [1.54, 1.807) is 23.2 Å². The van der Waals surface area contributed by atoms with Crippen LogP contribution in [0, 0.1) is 12.8 Å². The second-order valence-electron chi connectivity index (χ2n) is 8.38. The summed E-state index contributed by atoms with van der Waals surface area (Å²) in [6.07, 6.45) is 3.52. The lowest BCUT2D eigenvalue weighted by molar-refractivity contribution is -0.115. The molecule has 0 N–H and O–H groups in total. The van der Waals surface area contributed by atoms with Gasteiger partial charge in [0, 0.05) is 22.9 Å². The maximum absolute atomic E-state index is 12.3. The molecule has 0 unspecified atom stereocenters. The molecular formula is C24H24N4O2S3. The number of thiophene rings is 1. The third-order valence-electron chi connectivity index (χ3n) is 5.60. The van der Waals surface area contributed by atoms with Gasteiger partial charge in [-0.3, -0.25) is 9.69 Å². The lowest BCUT2D eigenvalue weighted by atomic mass is 9.90. The highest BCUT2D eigenvalue weighted by Crippen LogP contribution is 2.38. The second-order valence-corrected chi connectivity index (χ2v) is 11.3. The highest BCUT2D eigenvalue weighted by molar-refractivity contribution is 7.98. The van der Waals surface area contributed by atoms with Crippen molar-refractivity contribution in [3.63, 3.8) is 0 Å². The smallest absolute Gasteiger partial charge is 0.277 e. The number of benzene rings is 1. The van der Waals surface area contributed by atoms with E-state index in [-0.39, 0.29) is 5.91 Å². The van der Waals surface area contributed by atoms with Crippen molar-refractivity contribution in [1.82, 2.24) is 15.2 Å². The van der Waals surface area contributed by atoms with Gasteiger partial charge in [0.05, 0.1) is 16.3 Å². The summed E-state index contributed by atoms with van der Waals surface area (Å²) in [5.74, 6) is 1.85. The molecular weight excluding hydrogens is 472 g/mol. The number of carbonyl (C=O) groups is 1. The molecule has 1 amide bonds. The van der Waals surface area contributed by atoms with Crippen LogP contribution in [0.2, 0.25) is 0 Å². The number of hydrogen-bond donors (Lipinski definition) is 0. The van der Waals surface area contributed by atoms with Gasteiger partial charge in [0.25, 0.3) is 11.1 Å². The molecule has 1 aliphatic rings. The number of hydrogen-bond acceptors (Lipinski definition) is 8. The van der Waals surface area contributed by atoms with E-state index in [2.05, 4.69) is 28.2 Å². The van der Waals surface area contributed by atoms with Crippen LogP contribution in [-0.4, -0.2) is 21.1 Å². The lowest BCUT2D eigenvalue weighted by Gasteiger charge is -2.18. The molecule has 1 aliphatic carbocycles. The third kappa shape index (κ3) is 4.90. The minimum atomic E-state index is -0.0660. The van der Waals surface area contributed by atoms with Crippen LogP contribution < -0.4 is 4.90 Å². The average Bonchev–Trinajstić information content (AvgIpc) is 3.51. The summed E-state index contributed by atoms with van der Waals surface area (Å²) in [6.45, 7) is 5.87. The number of nitrogens with zero attached hydrogens (tertiary/aromatic N) is 4. The first-order chi connectivity index (χ1) is 16.0. The first kappa shape index (κ1) is 22.3. The van der Waals surface area contributed by atoms with E-state index in [4.69, 9.17) is 4.42 Å². The molecule has 0 bridgehead atoms. The Morgan fingerprint density at radius 3 is 3.00 bits per heavy atom. The fourth-order valence-electron chi connectivity index (χ4n) is 3.97. The highest BCUT2D eigenvalue weighted by Gasteiger charge is 2.22. The molecule has 3 heterocycles. The number of anilines is 2. The van der Waals surface area contributed by atoms with Gasteiger partial charge < -0.3 is 4.42 Å². The van der Waals surface area contributed by atoms with Crippen LogP contribution >= 0.6 is 34.4 Å². The Morgan fingerprint density at radius 1 is 1.30 bits per heavy atom. The summed E-state index contributed by atoms with van der Waals surface area (Å²) in [6, 6.07) is 10.1. The summed E-state index contributed by atoms with van der Waals surface area (Å²) in [5, 5.41) is 11.6. The van der Waals surface area contributed by atoms with E-state index in [1.807, 2.05) is 36.6 Å². The number of rotatable bonds is 6. The predicted molar refractivity (Wildman–Crippen MR) is 134 cm³/mol. The fourth-order valence-corrected chi connectivity index (χ4v) is 6.75. The van der Waals surface area contributed by atoms with Crippen LogP contribution in [0.3, 0.4) is 0 Å². The first-order valence-electron chi connectivity index (χ1n) is 10.9. The van der Waals surface area contributed by atoms with Crippen molar-refractivity contribution in [2.24, 2.45) is 5.92 Å². The van der Waals surface area contributed by atoms with Gasteiger partial charge in [-0.05, 0) is 61.4 Å². The van der Waals surface area contributed by atoms with E-state index in [0.717, 1.165) is 40.6 Å². The summed E-state index contributed by atoms with van der Waals surface area (Å²) >= 11 is 4.69. The van der Waals surface area contributed by atoms with Crippen molar-refractivity contribution in [1.29, 1.82) is 0 Å². The number of carbonyl (C=O) groups excluding carboxylic acids is 1. The van der Waals surface area contributed by atoms with E-state index in [9.17, 15) is 4.79 Å². The maximum Gasteiger partial charge on any atom is 0.277 e. The molecule has 1 atom stereocenters. The van der Waals surface area contributed by atoms with Crippen molar-refractivity contribution in [3.8, 4) is 10.8 Å². The zero-order chi connectivity index (χ0) is 22.9. The number of aromatic nitrogens is 3. The molecule has 1 aromatic carbocycles. The fraction of sp³-hybridized carbons (Fsp3) is 0.333. The van der Waals surface area contributed by atoms with E-state index < -0.39 is 0 Å². The predicted octanol–water partition coefficient (Wildman–Crippen LogP) is 6.66. The largest absolute Gasteiger partial charge is 0.410 e.